The number of hydrogen-bond acceptors (Lipinski definition) is 7. The average molecular weight is 469 g/mol. The number of aryl methyl sites for hydroxylation is 1. The van der Waals surface area contributed by atoms with Crippen molar-refractivity contribution in [1.82, 2.24) is 5.01 Å². The van der Waals surface area contributed by atoms with Gasteiger partial charge in [-0.25, -0.2) is 0 Å². The minimum atomic E-state index is -4.01. The summed E-state index contributed by atoms with van der Waals surface area (Å²) in [5, 5.41) is 15.3. The van der Waals surface area contributed by atoms with Crippen LogP contribution in [-0.2, 0) is 14.9 Å². The number of amidine groups is 2. The zero-order chi connectivity index (χ0) is 23.0. The van der Waals surface area contributed by atoms with Crippen LogP contribution >= 0.6 is 11.8 Å². The maximum atomic E-state index is 12.6. The molecule has 10 heteroatoms. The van der Waals surface area contributed by atoms with Crippen LogP contribution in [0.2, 0.25) is 0 Å². The van der Waals surface area contributed by atoms with Crippen LogP contribution in [0.1, 0.15) is 25.0 Å². The molecule has 0 radical (unpaired) electrons. The topological polar surface area (TPSA) is 112 Å². The zero-order valence-electron chi connectivity index (χ0n) is 17.6. The molecule has 2 aromatic carbocycles. The highest BCUT2D eigenvalue weighted by Gasteiger charge is 2.36. The molecule has 2 aromatic rings. The Labute approximate surface area is 190 Å². The predicted molar refractivity (Wildman–Crippen MR) is 125 cm³/mol. The molecule has 0 saturated carbocycles. The summed E-state index contributed by atoms with van der Waals surface area (Å²) in [6.45, 7) is 5.81. The summed E-state index contributed by atoms with van der Waals surface area (Å²) in [5.41, 5.74) is 1.49. The molecule has 2 heterocycles. The van der Waals surface area contributed by atoms with Gasteiger partial charge >= 0.3 is 10.1 Å². The second-order valence-corrected chi connectivity index (χ2v) is 10.1. The van der Waals surface area contributed by atoms with Crippen LogP contribution in [0.4, 0.5) is 0 Å². The molecule has 4 rings (SSSR count). The molecule has 0 bridgehead atoms. The minimum absolute atomic E-state index is 0.0447. The first kappa shape index (κ1) is 22.0. The number of fused-ring (bicyclic) bond motifs is 1. The smallest absolute Gasteiger partial charge is 0.339 e. The standard InChI is InChI=1S/C22H20N4O4S2/c1-13(2)21-25-26-19(23)18(20(27)24-22(26)31-21)12-15-5-4-6-16(11-15)30-32(28,29)17-9-7-14(3)8-10-17/h4-13,23H,1-3H3/b18-12+,23-19?. The van der Waals surface area contributed by atoms with Crippen molar-refractivity contribution in [1.29, 1.82) is 5.41 Å². The van der Waals surface area contributed by atoms with Crippen LogP contribution in [0.5, 0.6) is 5.75 Å². The van der Waals surface area contributed by atoms with Gasteiger partial charge in [0.05, 0.1) is 5.57 Å². The summed E-state index contributed by atoms with van der Waals surface area (Å²) in [4.78, 5) is 16.6. The van der Waals surface area contributed by atoms with E-state index in [1.165, 1.54) is 47.1 Å². The van der Waals surface area contributed by atoms with Crippen LogP contribution in [0.3, 0.4) is 0 Å². The number of carbonyl (C=O) groups is 1. The summed E-state index contributed by atoms with van der Waals surface area (Å²) >= 11 is 1.28. The molecule has 0 saturated heterocycles. The largest absolute Gasteiger partial charge is 0.379 e. The van der Waals surface area contributed by atoms with Gasteiger partial charge in [0.15, 0.2) is 5.84 Å². The number of hydrazone groups is 1. The molecule has 0 spiro atoms. The second kappa shape index (κ2) is 8.36. The van der Waals surface area contributed by atoms with E-state index in [-0.39, 0.29) is 28.0 Å². The number of benzene rings is 2. The molecule has 2 aliphatic rings. The highest BCUT2D eigenvalue weighted by Crippen LogP contribution is 2.31. The fourth-order valence-corrected chi connectivity index (χ4v) is 4.76. The number of hydrogen-bond donors (Lipinski definition) is 1. The number of rotatable bonds is 5. The third-order valence-corrected chi connectivity index (χ3v) is 7.12. The lowest BCUT2D eigenvalue weighted by atomic mass is 10.1. The van der Waals surface area contributed by atoms with Crippen LogP contribution in [-0.4, -0.2) is 35.4 Å². The van der Waals surface area contributed by atoms with E-state index in [2.05, 4.69) is 10.1 Å². The molecule has 0 aliphatic carbocycles. The number of carbonyl (C=O) groups excluding carboxylic acids is 1. The molecule has 2 aliphatic heterocycles. The molecule has 1 amide bonds. The van der Waals surface area contributed by atoms with Gasteiger partial charge in [-0.05, 0) is 54.6 Å². The first-order valence-corrected chi connectivity index (χ1v) is 12.0. The van der Waals surface area contributed by atoms with Crippen molar-refractivity contribution < 1.29 is 17.4 Å². The van der Waals surface area contributed by atoms with Gasteiger partial charge < -0.3 is 4.18 Å². The summed E-state index contributed by atoms with van der Waals surface area (Å²) in [6, 6.07) is 12.6. The van der Waals surface area contributed by atoms with Crippen LogP contribution in [0.15, 0.2) is 69.1 Å². The Balaban J connectivity index is 1.61. The maximum absolute atomic E-state index is 12.6. The van der Waals surface area contributed by atoms with Gasteiger partial charge in [-0.15, -0.1) is 0 Å². The minimum Gasteiger partial charge on any atom is -0.379 e. The number of amides is 1. The Bertz CT molecular complexity index is 1310. The second-order valence-electron chi connectivity index (χ2n) is 7.54. The number of thioether (sulfide) groups is 1. The lowest BCUT2D eigenvalue weighted by Gasteiger charge is -2.20. The van der Waals surface area contributed by atoms with Crippen molar-refractivity contribution in [3.05, 3.63) is 65.2 Å². The third kappa shape index (κ3) is 4.37. The first-order valence-electron chi connectivity index (χ1n) is 9.75. The van der Waals surface area contributed by atoms with E-state index >= 15 is 0 Å². The Kier molecular flexibility index (Phi) is 5.74. The zero-order valence-corrected chi connectivity index (χ0v) is 19.2. The van der Waals surface area contributed by atoms with E-state index in [1.54, 1.807) is 24.3 Å². The van der Waals surface area contributed by atoms with Gasteiger partial charge in [0.2, 0.25) is 5.17 Å². The summed E-state index contributed by atoms with van der Waals surface area (Å²) in [6.07, 6.45) is 1.48. The maximum Gasteiger partial charge on any atom is 0.339 e. The SMILES string of the molecule is Cc1ccc(S(=O)(=O)Oc2cccc(/C=C3\C(=N)N4N=C(C(C)C)SC4=NC3=O)c2)cc1. The summed E-state index contributed by atoms with van der Waals surface area (Å²) in [7, 11) is -4.01. The van der Waals surface area contributed by atoms with Crippen LogP contribution in [0, 0.1) is 18.3 Å². The fourth-order valence-electron chi connectivity index (χ4n) is 2.94. The van der Waals surface area contributed by atoms with Crippen molar-refractivity contribution in [3.63, 3.8) is 0 Å². The predicted octanol–water partition coefficient (Wildman–Crippen LogP) is 4.04. The molecule has 8 nitrogen and oxygen atoms in total. The average Bonchev–Trinajstić information content (AvgIpc) is 3.16. The number of nitrogens with zero attached hydrogens (tertiary/aromatic N) is 3. The van der Waals surface area contributed by atoms with Crippen molar-refractivity contribution in [2.75, 3.05) is 0 Å². The first-order chi connectivity index (χ1) is 15.1. The normalized spacial score (nSPS) is 17.5. The number of nitrogens with one attached hydrogen (secondary N) is 1. The van der Waals surface area contributed by atoms with Gasteiger partial charge in [0.1, 0.15) is 15.7 Å². The van der Waals surface area contributed by atoms with Gasteiger partial charge in [-0.1, -0.05) is 43.7 Å². The monoisotopic (exact) mass is 468 g/mol. The van der Waals surface area contributed by atoms with E-state index in [0.717, 1.165) is 10.6 Å². The van der Waals surface area contributed by atoms with Crippen molar-refractivity contribution in [2.24, 2.45) is 16.0 Å². The molecule has 0 atom stereocenters. The van der Waals surface area contributed by atoms with Gasteiger partial charge in [0.25, 0.3) is 5.91 Å². The van der Waals surface area contributed by atoms with Gasteiger partial charge in [0, 0.05) is 5.92 Å². The van der Waals surface area contributed by atoms with Gasteiger partial charge in [-0.2, -0.15) is 23.5 Å². The van der Waals surface area contributed by atoms with Crippen LogP contribution < -0.4 is 4.18 Å². The van der Waals surface area contributed by atoms with Crippen molar-refractivity contribution >= 4 is 49.9 Å². The third-order valence-electron chi connectivity index (χ3n) is 4.65. The highest BCUT2D eigenvalue weighted by molar-refractivity contribution is 8.27. The highest BCUT2D eigenvalue weighted by atomic mass is 32.2. The Morgan fingerprint density at radius 3 is 2.56 bits per heavy atom. The molecule has 164 valence electrons. The Morgan fingerprint density at radius 2 is 1.88 bits per heavy atom. The van der Waals surface area contributed by atoms with E-state index < -0.39 is 16.0 Å². The quantitative estimate of drug-likeness (QED) is 0.524. The summed E-state index contributed by atoms with van der Waals surface area (Å²) in [5.74, 6) is -0.391. The van der Waals surface area contributed by atoms with E-state index in [1.807, 2.05) is 20.8 Å². The fraction of sp³-hybridized carbons (Fsp3) is 0.182. The molecule has 0 unspecified atom stereocenters. The Hall–Kier alpha value is -3.24. The van der Waals surface area contributed by atoms with E-state index in [9.17, 15) is 13.2 Å². The Morgan fingerprint density at radius 1 is 1.16 bits per heavy atom. The molecule has 32 heavy (non-hydrogen) atoms. The van der Waals surface area contributed by atoms with E-state index in [4.69, 9.17) is 9.59 Å². The van der Waals surface area contributed by atoms with Gasteiger partial charge in [-0.3, -0.25) is 10.2 Å². The lowest BCUT2D eigenvalue weighted by molar-refractivity contribution is -0.114. The number of aliphatic imine (C=N–C) groups is 1. The molecular formula is C22H20N4O4S2. The summed E-state index contributed by atoms with van der Waals surface area (Å²) < 4.78 is 30.4. The molecule has 1 N–H and O–H groups in total. The van der Waals surface area contributed by atoms with Crippen LogP contribution in [0.25, 0.3) is 6.08 Å². The lowest BCUT2D eigenvalue weighted by Crippen LogP contribution is -2.35. The molecule has 0 aromatic heterocycles. The van der Waals surface area contributed by atoms with Crippen molar-refractivity contribution in [3.8, 4) is 5.75 Å². The molecule has 0 fully saturated rings. The van der Waals surface area contributed by atoms with Crippen molar-refractivity contribution in [2.45, 2.75) is 25.7 Å². The van der Waals surface area contributed by atoms with E-state index in [0.29, 0.717) is 10.7 Å². The molecular weight excluding hydrogens is 448 g/mol.